The number of hydrogen-bond donors (Lipinski definition) is 2. The Kier molecular flexibility index (Phi) is 9.81. The third-order valence-corrected chi connectivity index (χ3v) is 9.60. The summed E-state index contributed by atoms with van der Waals surface area (Å²) in [4.78, 5) is 41.0. The second-order valence-electron chi connectivity index (χ2n) is 11.2. The lowest BCUT2D eigenvalue weighted by Crippen LogP contribution is -2.27. The van der Waals surface area contributed by atoms with Gasteiger partial charge in [-0.3, -0.25) is 9.59 Å². The fourth-order valence-corrected chi connectivity index (χ4v) is 7.14. The first-order valence-corrected chi connectivity index (χ1v) is 15.5. The second-order valence-corrected chi connectivity index (χ2v) is 13.7. The summed E-state index contributed by atoms with van der Waals surface area (Å²) >= 11 is 2.88. The molecule has 0 radical (unpaired) electrons. The van der Waals surface area contributed by atoms with E-state index in [-0.39, 0.29) is 29.8 Å². The highest BCUT2D eigenvalue weighted by Gasteiger charge is 2.34. The smallest absolute Gasteiger partial charge is 0.341 e. The Morgan fingerprint density at radius 3 is 2.49 bits per heavy atom. The van der Waals surface area contributed by atoms with E-state index in [1.54, 1.807) is 38.3 Å². The molecule has 0 bridgehead atoms. The van der Waals surface area contributed by atoms with Crippen LogP contribution in [-0.2, 0) is 22.4 Å². The molecule has 2 aromatic carbocycles. The van der Waals surface area contributed by atoms with Crippen molar-refractivity contribution < 1.29 is 23.9 Å². The normalized spacial score (nSPS) is 15.4. The molecule has 1 heterocycles. The molecule has 0 saturated carbocycles. The number of benzene rings is 2. The minimum absolute atomic E-state index is 0.170. The van der Waals surface area contributed by atoms with Gasteiger partial charge >= 0.3 is 5.97 Å². The van der Waals surface area contributed by atoms with Gasteiger partial charge in [-0.1, -0.05) is 26.8 Å². The highest BCUT2D eigenvalue weighted by Crippen LogP contribution is 2.44. The van der Waals surface area contributed by atoms with Gasteiger partial charge in [-0.05, 0) is 92.5 Å². The fourth-order valence-electron chi connectivity index (χ4n) is 4.90. The predicted octanol–water partition coefficient (Wildman–Crippen LogP) is 7.46. The van der Waals surface area contributed by atoms with E-state index in [1.165, 1.54) is 23.1 Å². The van der Waals surface area contributed by atoms with Gasteiger partial charge in [0.25, 0.3) is 5.91 Å². The van der Waals surface area contributed by atoms with E-state index < -0.39 is 5.25 Å². The van der Waals surface area contributed by atoms with Crippen molar-refractivity contribution in [1.82, 2.24) is 0 Å². The van der Waals surface area contributed by atoms with Crippen LogP contribution in [0.15, 0.2) is 53.4 Å². The molecule has 1 aromatic heterocycles. The number of esters is 1. The van der Waals surface area contributed by atoms with Crippen LogP contribution in [0.3, 0.4) is 0 Å². The molecule has 4 rings (SSSR count). The zero-order valence-corrected chi connectivity index (χ0v) is 26.1. The summed E-state index contributed by atoms with van der Waals surface area (Å²) in [7, 11) is 1.58. The minimum Gasteiger partial charge on any atom is -0.497 e. The number of nitrogens with one attached hydrogen (secondary N) is 2. The summed E-state index contributed by atoms with van der Waals surface area (Å²) in [5, 5.41) is 6.07. The third-order valence-electron chi connectivity index (χ3n) is 7.33. The molecule has 0 saturated heterocycles. The second kappa shape index (κ2) is 13.1. The minimum atomic E-state index is -0.445. The van der Waals surface area contributed by atoms with E-state index >= 15 is 0 Å². The third kappa shape index (κ3) is 7.51. The first-order chi connectivity index (χ1) is 19.5. The SMILES string of the molecule is CCOC(=O)c1c(NC(=O)C(C)Sc2cccc(NC(=O)c3ccc(OC)cc3)c2)sc2c1CCC(C(C)(C)C)C2. The van der Waals surface area contributed by atoms with Gasteiger partial charge in [0.2, 0.25) is 5.91 Å². The standard InChI is InChI=1S/C32H38N2O5S2/c1-7-39-31(37)27-25-16-13-21(32(3,4)5)17-26(25)41-30(27)34-28(35)19(2)40-24-10-8-9-22(18-24)33-29(36)20-11-14-23(38-6)15-12-20/h8-12,14-15,18-19,21H,7,13,16-17H2,1-6H3,(H,33,36)(H,34,35). The van der Waals surface area contributed by atoms with E-state index in [9.17, 15) is 14.4 Å². The average Bonchev–Trinajstić information content (AvgIpc) is 3.30. The van der Waals surface area contributed by atoms with E-state index in [2.05, 4.69) is 31.4 Å². The summed E-state index contributed by atoms with van der Waals surface area (Å²) in [6.07, 6.45) is 2.70. The maximum Gasteiger partial charge on any atom is 0.341 e. The number of anilines is 2. The Morgan fingerprint density at radius 1 is 1.10 bits per heavy atom. The van der Waals surface area contributed by atoms with Crippen LogP contribution in [0.25, 0.3) is 0 Å². The van der Waals surface area contributed by atoms with Crippen LogP contribution in [-0.4, -0.2) is 36.8 Å². The molecular weight excluding hydrogens is 556 g/mol. The fraction of sp³-hybridized carbons (Fsp3) is 0.406. The Balaban J connectivity index is 1.45. The maximum atomic E-state index is 13.3. The molecule has 0 fully saturated rings. The number of hydrogen-bond acceptors (Lipinski definition) is 7. The summed E-state index contributed by atoms with van der Waals surface area (Å²) in [5.74, 6) is 0.384. The molecule has 0 aliphatic heterocycles. The molecule has 2 atom stereocenters. The first kappa shape index (κ1) is 30.7. The molecule has 2 amide bonds. The van der Waals surface area contributed by atoms with Crippen molar-refractivity contribution in [3.63, 3.8) is 0 Å². The molecule has 1 aliphatic carbocycles. The van der Waals surface area contributed by atoms with Crippen LogP contribution in [0.5, 0.6) is 5.75 Å². The lowest BCUT2D eigenvalue weighted by Gasteiger charge is -2.33. The number of thiophene rings is 1. The number of rotatable bonds is 9. The van der Waals surface area contributed by atoms with Crippen LogP contribution >= 0.6 is 23.1 Å². The number of thioether (sulfide) groups is 1. The Hall–Kier alpha value is -3.30. The summed E-state index contributed by atoms with van der Waals surface area (Å²) < 4.78 is 10.5. The van der Waals surface area contributed by atoms with Gasteiger partial charge in [-0.15, -0.1) is 23.1 Å². The van der Waals surface area contributed by atoms with Crippen LogP contribution in [0.1, 0.15) is 72.2 Å². The van der Waals surface area contributed by atoms with E-state index in [1.807, 2.05) is 31.2 Å². The van der Waals surface area contributed by atoms with Crippen LogP contribution in [0.4, 0.5) is 10.7 Å². The van der Waals surface area contributed by atoms with Crippen LogP contribution < -0.4 is 15.4 Å². The van der Waals surface area contributed by atoms with E-state index in [4.69, 9.17) is 9.47 Å². The molecular formula is C32H38N2O5S2. The van der Waals surface area contributed by atoms with Crippen molar-refractivity contribution in [2.45, 2.75) is 64.0 Å². The first-order valence-electron chi connectivity index (χ1n) is 13.8. The molecule has 41 heavy (non-hydrogen) atoms. The van der Waals surface area contributed by atoms with Crippen molar-refractivity contribution in [3.8, 4) is 5.75 Å². The lowest BCUT2D eigenvalue weighted by atomic mass is 9.72. The van der Waals surface area contributed by atoms with Gasteiger partial charge in [0.1, 0.15) is 10.8 Å². The number of amides is 2. The Bertz CT molecular complexity index is 1410. The van der Waals surface area contributed by atoms with Crippen LogP contribution in [0, 0.1) is 11.3 Å². The van der Waals surface area contributed by atoms with Crippen molar-refractivity contribution >= 4 is 51.6 Å². The van der Waals surface area contributed by atoms with Crippen molar-refractivity contribution in [3.05, 3.63) is 70.1 Å². The van der Waals surface area contributed by atoms with E-state index in [0.717, 1.165) is 34.6 Å². The summed E-state index contributed by atoms with van der Waals surface area (Å²) in [6.45, 7) is 10.7. The Labute approximate surface area is 250 Å². The van der Waals surface area contributed by atoms with Crippen molar-refractivity contribution in [2.75, 3.05) is 24.4 Å². The van der Waals surface area contributed by atoms with Gasteiger partial charge in [0, 0.05) is 21.0 Å². The molecule has 0 spiro atoms. The van der Waals surface area contributed by atoms with Crippen molar-refractivity contribution in [1.29, 1.82) is 0 Å². The molecule has 9 heteroatoms. The largest absolute Gasteiger partial charge is 0.497 e. The van der Waals surface area contributed by atoms with Gasteiger partial charge in [-0.25, -0.2) is 4.79 Å². The topological polar surface area (TPSA) is 93.7 Å². The molecule has 218 valence electrons. The highest BCUT2D eigenvalue weighted by atomic mass is 32.2. The van der Waals surface area contributed by atoms with Crippen LogP contribution in [0.2, 0.25) is 0 Å². The zero-order chi connectivity index (χ0) is 29.7. The zero-order valence-electron chi connectivity index (χ0n) is 24.5. The quantitative estimate of drug-likeness (QED) is 0.197. The van der Waals surface area contributed by atoms with Gasteiger partial charge in [0.05, 0.1) is 24.5 Å². The summed E-state index contributed by atoms with van der Waals surface area (Å²) in [6, 6.07) is 14.3. The molecule has 2 unspecified atom stereocenters. The maximum absolute atomic E-state index is 13.3. The molecule has 3 aromatic rings. The number of fused-ring (bicyclic) bond motifs is 1. The van der Waals surface area contributed by atoms with Gasteiger partial charge in [-0.2, -0.15) is 0 Å². The number of carbonyl (C=O) groups is 3. The highest BCUT2D eigenvalue weighted by molar-refractivity contribution is 8.00. The predicted molar refractivity (Wildman–Crippen MR) is 167 cm³/mol. The number of methoxy groups -OCH3 is 1. The molecule has 7 nitrogen and oxygen atoms in total. The van der Waals surface area contributed by atoms with Gasteiger partial charge < -0.3 is 20.1 Å². The Morgan fingerprint density at radius 2 is 1.83 bits per heavy atom. The number of carbonyl (C=O) groups excluding carboxylic acids is 3. The van der Waals surface area contributed by atoms with E-state index in [0.29, 0.717) is 33.5 Å². The van der Waals surface area contributed by atoms with Gasteiger partial charge in [0.15, 0.2) is 0 Å². The number of ether oxygens (including phenoxy) is 2. The lowest BCUT2D eigenvalue weighted by molar-refractivity contribution is -0.115. The average molecular weight is 595 g/mol. The van der Waals surface area contributed by atoms with Crippen molar-refractivity contribution in [2.24, 2.45) is 11.3 Å². The molecule has 1 aliphatic rings. The molecule has 2 N–H and O–H groups in total. The summed E-state index contributed by atoms with van der Waals surface area (Å²) in [5.41, 5.74) is 2.84. The monoisotopic (exact) mass is 594 g/mol.